The van der Waals surface area contributed by atoms with Gasteiger partial charge in [0.15, 0.2) is 0 Å². The first-order valence-electron chi connectivity index (χ1n) is 5.81. The monoisotopic (exact) mass is 339 g/mol. The maximum Gasteiger partial charge on any atom is 0.252 e. The van der Waals surface area contributed by atoms with E-state index in [0.717, 1.165) is 17.1 Å². The molecule has 19 heavy (non-hydrogen) atoms. The van der Waals surface area contributed by atoms with Crippen LogP contribution in [0.1, 0.15) is 21.1 Å². The van der Waals surface area contributed by atoms with Crippen LogP contribution in [0.2, 0.25) is 0 Å². The van der Waals surface area contributed by atoms with E-state index < -0.39 is 0 Å². The predicted octanol–water partition coefficient (Wildman–Crippen LogP) is 2.77. The third-order valence-corrected chi connectivity index (χ3v) is 4.31. The van der Waals surface area contributed by atoms with Gasteiger partial charge >= 0.3 is 0 Å². The zero-order valence-corrected chi connectivity index (χ0v) is 12.8. The van der Waals surface area contributed by atoms with E-state index in [9.17, 15) is 4.79 Å². The number of aromatic nitrogens is 1. The number of anilines is 1. The highest BCUT2D eigenvalue weighted by atomic mass is 79.9. The van der Waals surface area contributed by atoms with E-state index in [0.29, 0.717) is 22.3 Å². The first kappa shape index (κ1) is 14.0. The topological polar surface area (TPSA) is 68.0 Å². The number of nitrogen functional groups attached to an aromatic ring is 1. The van der Waals surface area contributed by atoms with Crippen LogP contribution >= 0.6 is 27.3 Å². The third-order valence-electron chi connectivity index (χ3n) is 2.61. The van der Waals surface area contributed by atoms with Gasteiger partial charge in [0.05, 0.1) is 20.7 Å². The molecule has 0 fully saturated rings. The van der Waals surface area contributed by atoms with E-state index in [-0.39, 0.29) is 5.91 Å². The smallest absolute Gasteiger partial charge is 0.252 e. The maximum atomic E-state index is 12.0. The van der Waals surface area contributed by atoms with Crippen molar-refractivity contribution in [3.63, 3.8) is 0 Å². The summed E-state index contributed by atoms with van der Waals surface area (Å²) in [5.74, 6) is -0.133. The molecule has 1 amide bonds. The Labute approximate surface area is 124 Å². The molecule has 1 heterocycles. The van der Waals surface area contributed by atoms with Gasteiger partial charge in [0, 0.05) is 24.0 Å². The number of nitrogens with zero attached hydrogens (tertiary/aromatic N) is 1. The summed E-state index contributed by atoms with van der Waals surface area (Å²) in [7, 11) is 0. The fraction of sp³-hybridized carbons (Fsp3) is 0.231. The van der Waals surface area contributed by atoms with Crippen LogP contribution in [-0.4, -0.2) is 17.4 Å². The molecular formula is C13H14BrN3OS. The molecule has 0 saturated carbocycles. The Kier molecular flexibility index (Phi) is 4.55. The number of nitrogens with two attached hydrogens (primary N) is 1. The van der Waals surface area contributed by atoms with Crippen LogP contribution in [0.15, 0.2) is 28.1 Å². The summed E-state index contributed by atoms with van der Waals surface area (Å²) >= 11 is 4.94. The molecule has 3 N–H and O–H groups in total. The highest BCUT2D eigenvalue weighted by Crippen LogP contribution is 2.23. The molecule has 0 bridgehead atoms. The van der Waals surface area contributed by atoms with Gasteiger partial charge in [-0.1, -0.05) is 6.07 Å². The summed E-state index contributed by atoms with van der Waals surface area (Å²) < 4.78 is 0.636. The number of thiazole rings is 1. The van der Waals surface area contributed by atoms with Gasteiger partial charge < -0.3 is 11.1 Å². The predicted molar refractivity (Wildman–Crippen MR) is 81.4 cm³/mol. The number of hydrogen-bond acceptors (Lipinski definition) is 4. The zero-order chi connectivity index (χ0) is 13.8. The average Bonchev–Trinajstić information content (AvgIpc) is 2.78. The normalized spacial score (nSPS) is 10.4. The van der Waals surface area contributed by atoms with Crippen LogP contribution in [0.5, 0.6) is 0 Å². The molecule has 0 unspecified atom stereocenters. The number of benzene rings is 1. The third kappa shape index (κ3) is 3.54. The molecule has 2 rings (SSSR count). The fourth-order valence-electron chi connectivity index (χ4n) is 1.65. The number of aryl methyl sites for hydroxylation is 1. The Bertz CT molecular complexity index is 597. The highest BCUT2D eigenvalue weighted by molar-refractivity contribution is 9.10. The zero-order valence-electron chi connectivity index (χ0n) is 10.4. The molecule has 0 aliphatic heterocycles. The van der Waals surface area contributed by atoms with E-state index in [2.05, 4.69) is 26.2 Å². The van der Waals surface area contributed by atoms with Gasteiger partial charge in [-0.3, -0.25) is 4.79 Å². The van der Waals surface area contributed by atoms with Crippen molar-refractivity contribution in [1.29, 1.82) is 0 Å². The molecule has 1 aromatic carbocycles. The lowest BCUT2D eigenvalue weighted by Crippen LogP contribution is -2.26. The summed E-state index contributed by atoms with van der Waals surface area (Å²) in [5, 5.41) is 5.92. The average molecular weight is 340 g/mol. The van der Waals surface area contributed by atoms with E-state index >= 15 is 0 Å². The number of carbonyl (C=O) groups excluding carboxylic acids is 1. The van der Waals surface area contributed by atoms with Crippen LogP contribution in [0.25, 0.3) is 0 Å². The SMILES string of the molecule is Cc1nc(CCNC(=O)c2cccc(N)c2Br)cs1. The van der Waals surface area contributed by atoms with Crippen LogP contribution in [0.4, 0.5) is 5.69 Å². The second kappa shape index (κ2) is 6.16. The van der Waals surface area contributed by atoms with Gasteiger partial charge in [-0.15, -0.1) is 11.3 Å². The quantitative estimate of drug-likeness (QED) is 0.841. The summed E-state index contributed by atoms with van der Waals surface area (Å²) in [5.41, 5.74) is 7.86. The summed E-state index contributed by atoms with van der Waals surface area (Å²) in [6.07, 6.45) is 0.732. The van der Waals surface area contributed by atoms with E-state index in [1.54, 1.807) is 29.5 Å². The Morgan fingerprint density at radius 1 is 1.53 bits per heavy atom. The molecule has 0 saturated heterocycles. The lowest BCUT2D eigenvalue weighted by Gasteiger charge is -2.07. The van der Waals surface area contributed by atoms with Crippen molar-refractivity contribution in [2.24, 2.45) is 0 Å². The first-order valence-corrected chi connectivity index (χ1v) is 7.48. The molecule has 0 atom stereocenters. The number of carbonyl (C=O) groups is 1. The minimum Gasteiger partial charge on any atom is -0.398 e. The van der Waals surface area contributed by atoms with Crippen LogP contribution in [-0.2, 0) is 6.42 Å². The lowest BCUT2D eigenvalue weighted by molar-refractivity contribution is 0.0953. The summed E-state index contributed by atoms with van der Waals surface area (Å²) in [6.45, 7) is 2.53. The Morgan fingerprint density at radius 2 is 2.32 bits per heavy atom. The van der Waals surface area contributed by atoms with Crippen molar-refractivity contribution in [2.45, 2.75) is 13.3 Å². The van der Waals surface area contributed by atoms with Crippen LogP contribution in [0.3, 0.4) is 0 Å². The van der Waals surface area contributed by atoms with Gasteiger partial charge in [0.2, 0.25) is 0 Å². The van der Waals surface area contributed by atoms with E-state index in [4.69, 9.17) is 5.73 Å². The summed E-state index contributed by atoms with van der Waals surface area (Å²) in [4.78, 5) is 16.3. The van der Waals surface area contributed by atoms with Crippen molar-refractivity contribution in [3.8, 4) is 0 Å². The number of hydrogen-bond donors (Lipinski definition) is 2. The molecule has 0 aliphatic rings. The van der Waals surface area contributed by atoms with Gasteiger partial charge in [-0.2, -0.15) is 0 Å². The number of amides is 1. The molecule has 0 aliphatic carbocycles. The van der Waals surface area contributed by atoms with Crippen molar-refractivity contribution in [3.05, 3.63) is 44.3 Å². The minimum atomic E-state index is -0.133. The van der Waals surface area contributed by atoms with Crippen molar-refractivity contribution >= 4 is 38.9 Å². The molecule has 4 nitrogen and oxygen atoms in total. The highest BCUT2D eigenvalue weighted by Gasteiger charge is 2.11. The van der Waals surface area contributed by atoms with E-state index in [1.807, 2.05) is 12.3 Å². The molecule has 0 radical (unpaired) electrons. The number of rotatable bonds is 4. The Hall–Kier alpha value is -1.40. The van der Waals surface area contributed by atoms with Gasteiger partial charge in [-0.25, -0.2) is 4.98 Å². The fourth-order valence-corrected chi connectivity index (χ4v) is 2.74. The summed E-state index contributed by atoms with van der Waals surface area (Å²) in [6, 6.07) is 5.25. The van der Waals surface area contributed by atoms with Gasteiger partial charge in [0.25, 0.3) is 5.91 Å². The molecule has 100 valence electrons. The van der Waals surface area contributed by atoms with Crippen molar-refractivity contribution < 1.29 is 4.79 Å². The maximum absolute atomic E-state index is 12.0. The van der Waals surface area contributed by atoms with Crippen molar-refractivity contribution in [2.75, 3.05) is 12.3 Å². The number of halogens is 1. The van der Waals surface area contributed by atoms with Gasteiger partial charge in [0.1, 0.15) is 0 Å². The van der Waals surface area contributed by atoms with Crippen LogP contribution in [0, 0.1) is 6.92 Å². The second-order valence-electron chi connectivity index (χ2n) is 4.07. The Balaban J connectivity index is 1.93. The van der Waals surface area contributed by atoms with Crippen LogP contribution < -0.4 is 11.1 Å². The molecule has 6 heteroatoms. The first-order chi connectivity index (χ1) is 9.08. The second-order valence-corrected chi connectivity index (χ2v) is 5.93. The Morgan fingerprint density at radius 3 is 3.00 bits per heavy atom. The van der Waals surface area contributed by atoms with Gasteiger partial charge in [-0.05, 0) is 35.0 Å². The lowest BCUT2D eigenvalue weighted by atomic mass is 10.2. The van der Waals surface area contributed by atoms with Crippen molar-refractivity contribution in [1.82, 2.24) is 10.3 Å². The van der Waals surface area contributed by atoms with E-state index in [1.165, 1.54) is 0 Å². The molecule has 2 aromatic rings. The molecular weight excluding hydrogens is 326 g/mol. The standard InChI is InChI=1S/C13H14BrN3OS/c1-8-17-9(7-19-8)5-6-16-13(18)10-3-2-4-11(15)12(10)14/h2-4,7H,5-6,15H2,1H3,(H,16,18). The largest absolute Gasteiger partial charge is 0.398 e. The molecule has 0 spiro atoms. The minimum absolute atomic E-state index is 0.133. The number of nitrogens with one attached hydrogen (secondary N) is 1. The molecule has 1 aromatic heterocycles.